The molecular formula is C12H21BrN4O. The molecule has 0 aliphatic heterocycles. The predicted molar refractivity (Wildman–Crippen MR) is 77.2 cm³/mol. The molecule has 0 aliphatic rings. The van der Waals surface area contributed by atoms with Crippen LogP contribution in [-0.4, -0.2) is 47.7 Å². The summed E-state index contributed by atoms with van der Waals surface area (Å²) in [4.78, 5) is 10.4. The molecule has 0 fully saturated rings. The summed E-state index contributed by atoms with van der Waals surface area (Å²) in [6.45, 7) is 7.62. The minimum Gasteiger partial charge on any atom is -0.475 e. The van der Waals surface area contributed by atoms with Crippen molar-refractivity contribution in [1.82, 2.24) is 14.9 Å². The average molecular weight is 317 g/mol. The highest BCUT2D eigenvalue weighted by Crippen LogP contribution is 2.29. The number of anilines is 1. The molecule has 0 unspecified atom stereocenters. The first-order valence-electron chi connectivity index (χ1n) is 5.93. The van der Waals surface area contributed by atoms with Gasteiger partial charge in [-0.05, 0) is 50.8 Å². The zero-order valence-electron chi connectivity index (χ0n) is 11.6. The molecule has 5 nitrogen and oxygen atoms in total. The Bertz CT molecular complexity index is 396. The van der Waals surface area contributed by atoms with Gasteiger partial charge in [0, 0.05) is 12.1 Å². The molecule has 1 aromatic heterocycles. The van der Waals surface area contributed by atoms with Crippen LogP contribution in [0.5, 0.6) is 5.88 Å². The smallest absolute Gasteiger partial charge is 0.233 e. The standard InChI is InChI=1S/C12H21BrN4O/c1-6-14-10-9(13)11(16-8-15-10)18-7-12(2,3)17(4)5/h8H,6-7H2,1-5H3,(H,14,15,16). The molecule has 6 heteroatoms. The van der Waals surface area contributed by atoms with E-state index in [1.54, 1.807) is 0 Å². The van der Waals surface area contributed by atoms with Crippen LogP contribution in [-0.2, 0) is 0 Å². The van der Waals surface area contributed by atoms with Gasteiger partial charge in [0.2, 0.25) is 5.88 Å². The van der Waals surface area contributed by atoms with Crippen LogP contribution in [0.25, 0.3) is 0 Å². The summed E-state index contributed by atoms with van der Waals surface area (Å²) >= 11 is 3.46. The molecule has 0 spiro atoms. The van der Waals surface area contributed by atoms with Crippen LogP contribution in [0, 0.1) is 0 Å². The number of aromatic nitrogens is 2. The molecule has 0 saturated heterocycles. The second kappa shape index (κ2) is 6.33. The molecule has 0 aromatic carbocycles. The number of hydrogen-bond donors (Lipinski definition) is 1. The highest BCUT2D eigenvalue weighted by molar-refractivity contribution is 9.10. The monoisotopic (exact) mass is 316 g/mol. The van der Waals surface area contributed by atoms with E-state index in [1.165, 1.54) is 6.33 Å². The van der Waals surface area contributed by atoms with Gasteiger partial charge in [0.25, 0.3) is 0 Å². The summed E-state index contributed by atoms with van der Waals surface area (Å²) in [5.41, 5.74) is -0.0528. The van der Waals surface area contributed by atoms with Crippen LogP contribution in [0.4, 0.5) is 5.82 Å². The summed E-state index contributed by atoms with van der Waals surface area (Å²) in [6, 6.07) is 0. The van der Waals surface area contributed by atoms with Crippen molar-refractivity contribution in [2.75, 3.05) is 32.6 Å². The van der Waals surface area contributed by atoms with Crippen LogP contribution in [0.3, 0.4) is 0 Å². The van der Waals surface area contributed by atoms with E-state index in [-0.39, 0.29) is 5.54 Å². The maximum absolute atomic E-state index is 5.77. The molecule has 1 rings (SSSR count). The molecule has 0 atom stereocenters. The molecule has 0 amide bonds. The first kappa shape index (κ1) is 15.2. The zero-order chi connectivity index (χ0) is 13.8. The van der Waals surface area contributed by atoms with Gasteiger partial charge in [-0.3, -0.25) is 0 Å². The summed E-state index contributed by atoms with van der Waals surface area (Å²) in [7, 11) is 4.06. The first-order chi connectivity index (χ1) is 8.38. The van der Waals surface area contributed by atoms with Crippen molar-refractivity contribution in [2.45, 2.75) is 26.3 Å². The Morgan fingerprint density at radius 3 is 2.61 bits per heavy atom. The van der Waals surface area contributed by atoms with Crippen molar-refractivity contribution in [3.05, 3.63) is 10.8 Å². The molecule has 0 bridgehead atoms. The lowest BCUT2D eigenvalue weighted by molar-refractivity contribution is 0.110. The van der Waals surface area contributed by atoms with Crippen LogP contribution >= 0.6 is 15.9 Å². The second-order valence-electron chi connectivity index (χ2n) is 4.87. The van der Waals surface area contributed by atoms with Crippen molar-refractivity contribution in [3.8, 4) is 5.88 Å². The summed E-state index contributed by atoms with van der Waals surface area (Å²) < 4.78 is 6.54. The topological polar surface area (TPSA) is 50.3 Å². The van der Waals surface area contributed by atoms with E-state index in [4.69, 9.17) is 4.74 Å². The number of likely N-dealkylation sites (N-methyl/N-ethyl adjacent to an activating group) is 1. The van der Waals surface area contributed by atoms with E-state index in [0.717, 1.165) is 16.8 Å². The van der Waals surface area contributed by atoms with Gasteiger partial charge in [-0.15, -0.1) is 0 Å². The van der Waals surface area contributed by atoms with Gasteiger partial charge in [0.05, 0.1) is 0 Å². The molecule has 1 N–H and O–H groups in total. The fourth-order valence-electron chi connectivity index (χ4n) is 1.12. The number of nitrogens with zero attached hydrogens (tertiary/aromatic N) is 3. The van der Waals surface area contributed by atoms with Crippen molar-refractivity contribution >= 4 is 21.7 Å². The molecule has 0 saturated carbocycles. The van der Waals surface area contributed by atoms with E-state index >= 15 is 0 Å². The molecular weight excluding hydrogens is 296 g/mol. The largest absolute Gasteiger partial charge is 0.475 e. The van der Waals surface area contributed by atoms with E-state index in [9.17, 15) is 0 Å². The molecule has 0 aliphatic carbocycles. The van der Waals surface area contributed by atoms with Crippen LogP contribution in [0.1, 0.15) is 20.8 Å². The van der Waals surface area contributed by atoms with Gasteiger partial charge in [-0.1, -0.05) is 0 Å². The third-order valence-corrected chi connectivity index (χ3v) is 3.59. The van der Waals surface area contributed by atoms with E-state index < -0.39 is 0 Å². The van der Waals surface area contributed by atoms with E-state index in [1.807, 2.05) is 21.0 Å². The average Bonchev–Trinajstić information content (AvgIpc) is 2.30. The van der Waals surface area contributed by atoms with Crippen molar-refractivity contribution < 1.29 is 4.74 Å². The number of nitrogens with one attached hydrogen (secondary N) is 1. The van der Waals surface area contributed by atoms with E-state index in [2.05, 4.69) is 50.0 Å². The fourth-order valence-corrected chi connectivity index (χ4v) is 1.58. The highest BCUT2D eigenvalue weighted by Gasteiger charge is 2.22. The fraction of sp³-hybridized carbons (Fsp3) is 0.667. The van der Waals surface area contributed by atoms with E-state index in [0.29, 0.717) is 12.5 Å². The third kappa shape index (κ3) is 3.81. The van der Waals surface area contributed by atoms with Crippen molar-refractivity contribution in [3.63, 3.8) is 0 Å². The van der Waals surface area contributed by atoms with Gasteiger partial charge >= 0.3 is 0 Å². The van der Waals surface area contributed by atoms with Gasteiger partial charge in [-0.25, -0.2) is 9.97 Å². The lowest BCUT2D eigenvalue weighted by Gasteiger charge is -2.32. The molecule has 0 radical (unpaired) electrons. The number of hydrogen-bond acceptors (Lipinski definition) is 5. The normalized spacial score (nSPS) is 11.7. The van der Waals surface area contributed by atoms with Gasteiger partial charge in [-0.2, -0.15) is 0 Å². The number of halogens is 1. The predicted octanol–water partition coefficient (Wildman–Crippen LogP) is 2.39. The summed E-state index contributed by atoms with van der Waals surface area (Å²) in [5, 5.41) is 3.15. The molecule has 1 heterocycles. The number of rotatable bonds is 6. The first-order valence-corrected chi connectivity index (χ1v) is 6.72. The lowest BCUT2D eigenvalue weighted by atomic mass is 10.1. The Hall–Kier alpha value is -0.880. The van der Waals surface area contributed by atoms with Gasteiger partial charge < -0.3 is 15.0 Å². The Labute approximate surface area is 117 Å². The second-order valence-corrected chi connectivity index (χ2v) is 5.66. The van der Waals surface area contributed by atoms with Gasteiger partial charge in [0.1, 0.15) is 23.2 Å². The summed E-state index contributed by atoms with van der Waals surface area (Å²) in [6.07, 6.45) is 1.50. The zero-order valence-corrected chi connectivity index (χ0v) is 13.2. The van der Waals surface area contributed by atoms with Crippen LogP contribution in [0.15, 0.2) is 10.8 Å². The van der Waals surface area contributed by atoms with Crippen LogP contribution in [0.2, 0.25) is 0 Å². The maximum Gasteiger partial charge on any atom is 0.233 e. The Morgan fingerprint density at radius 2 is 2.06 bits per heavy atom. The molecule has 102 valence electrons. The molecule has 18 heavy (non-hydrogen) atoms. The SMILES string of the molecule is CCNc1ncnc(OCC(C)(C)N(C)C)c1Br. The Balaban J connectivity index is 2.77. The highest BCUT2D eigenvalue weighted by atomic mass is 79.9. The molecule has 1 aromatic rings. The van der Waals surface area contributed by atoms with Gasteiger partial charge in [0.15, 0.2) is 0 Å². The quantitative estimate of drug-likeness (QED) is 0.873. The maximum atomic E-state index is 5.77. The lowest BCUT2D eigenvalue weighted by Crippen LogP contribution is -2.43. The third-order valence-electron chi connectivity index (χ3n) is 2.87. The van der Waals surface area contributed by atoms with Crippen molar-refractivity contribution in [1.29, 1.82) is 0 Å². The summed E-state index contributed by atoms with van der Waals surface area (Å²) in [5.74, 6) is 1.32. The van der Waals surface area contributed by atoms with Crippen LogP contribution < -0.4 is 10.1 Å². The minimum absolute atomic E-state index is 0.0528. The number of ether oxygens (including phenoxy) is 1. The van der Waals surface area contributed by atoms with Crippen molar-refractivity contribution in [2.24, 2.45) is 0 Å². The Kier molecular flexibility index (Phi) is 5.34. The Morgan fingerprint density at radius 1 is 1.39 bits per heavy atom. The minimum atomic E-state index is -0.0528.